The van der Waals surface area contributed by atoms with E-state index >= 15 is 0 Å². The van der Waals surface area contributed by atoms with Crippen molar-refractivity contribution >= 4 is 50.9 Å². The molecule has 1 aromatic carbocycles. The summed E-state index contributed by atoms with van der Waals surface area (Å²) >= 11 is 3.61. The molecular formula is C16H18IN3O2S. The van der Waals surface area contributed by atoms with E-state index in [2.05, 4.69) is 38.2 Å². The number of halogens is 1. The minimum atomic E-state index is -0.514. The number of anilines is 1. The number of amides is 2. The molecule has 0 aliphatic carbocycles. The van der Waals surface area contributed by atoms with Crippen LogP contribution in [0.1, 0.15) is 20.8 Å². The number of hydrogen-bond acceptors (Lipinski definition) is 4. The third-order valence-electron chi connectivity index (χ3n) is 2.98. The molecule has 0 saturated carbocycles. The highest BCUT2D eigenvalue weighted by Crippen LogP contribution is 2.25. The minimum absolute atomic E-state index is 0.0610. The third-order valence-corrected chi connectivity index (χ3v) is 4.46. The maximum Gasteiger partial charge on any atom is 0.245 e. The molecule has 2 N–H and O–H groups in total. The number of thiazole rings is 1. The second-order valence-electron chi connectivity index (χ2n) is 6.03. The number of nitrogens with one attached hydrogen (secondary N) is 2. The van der Waals surface area contributed by atoms with E-state index in [1.165, 1.54) is 11.3 Å². The maximum atomic E-state index is 11.9. The Hall–Kier alpha value is -1.48. The Morgan fingerprint density at radius 1 is 1.22 bits per heavy atom. The summed E-state index contributed by atoms with van der Waals surface area (Å²) in [6.45, 7) is 5.34. The van der Waals surface area contributed by atoms with Gasteiger partial charge in [0.1, 0.15) is 0 Å². The Kier molecular flexibility index (Phi) is 5.74. The molecule has 0 aliphatic rings. The minimum Gasteiger partial charge on any atom is -0.347 e. The van der Waals surface area contributed by atoms with Gasteiger partial charge in [0.05, 0.1) is 12.2 Å². The SMILES string of the molecule is CC(C)(C)C(=O)NCC(=O)Nc1nc(-c2ccc(I)cc2)cs1. The highest BCUT2D eigenvalue weighted by molar-refractivity contribution is 14.1. The number of hydrogen-bond donors (Lipinski definition) is 2. The van der Waals surface area contributed by atoms with Crippen LogP contribution >= 0.6 is 33.9 Å². The maximum absolute atomic E-state index is 11.9. The summed E-state index contributed by atoms with van der Waals surface area (Å²) < 4.78 is 1.16. The molecule has 5 nitrogen and oxygen atoms in total. The van der Waals surface area contributed by atoms with Gasteiger partial charge in [0.25, 0.3) is 0 Å². The zero-order valence-electron chi connectivity index (χ0n) is 13.1. The standard InChI is InChI=1S/C16H18IN3O2S/c1-16(2,3)14(22)18-8-13(21)20-15-19-12(9-23-15)10-4-6-11(17)7-5-10/h4-7,9H,8H2,1-3H3,(H,18,22)(H,19,20,21). The molecule has 0 atom stereocenters. The average Bonchev–Trinajstić information content (AvgIpc) is 2.93. The van der Waals surface area contributed by atoms with Gasteiger partial charge in [-0.15, -0.1) is 11.3 Å². The fraction of sp³-hybridized carbons (Fsp3) is 0.312. The molecular weight excluding hydrogens is 425 g/mol. The lowest BCUT2D eigenvalue weighted by Crippen LogP contribution is -2.39. The lowest BCUT2D eigenvalue weighted by molar-refractivity contribution is -0.130. The van der Waals surface area contributed by atoms with Crippen molar-refractivity contribution in [2.24, 2.45) is 5.41 Å². The van der Waals surface area contributed by atoms with Gasteiger partial charge < -0.3 is 10.6 Å². The quantitative estimate of drug-likeness (QED) is 0.711. The number of aromatic nitrogens is 1. The fourth-order valence-corrected chi connectivity index (χ4v) is 2.77. The molecule has 122 valence electrons. The Morgan fingerprint density at radius 2 is 1.87 bits per heavy atom. The molecule has 0 bridgehead atoms. The van der Waals surface area contributed by atoms with E-state index in [4.69, 9.17) is 0 Å². The number of carbonyl (C=O) groups is 2. The van der Waals surface area contributed by atoms with E-state index in [1.54, 1.807) is 20.8 Å². The number of nitrogens with zero attached hydrogens (tertiary/aromatic N) is 1. The van der Waals surface area contributed by atoms with Gasteiger partial charge in [-0.05, 0) is 34.7 Å². The Labute approximate surface area is 153 Å². The molecule has 1 heterocycles. The van der Waals surface area contributed by atoms with E-state index in [-0.39, 0.29) is 18.4 Å². The molecule has 2 aromatic rings. The summed E-state index contributed by atoms with van der Waals surface area (Å²) in [5, 5.41) is 7.73. The van der Waals surface area contributed by atoms with Crippen LogP contribution in [0.5, 0.6) is 0 Å². The van der Waals surface area contributed by atoms with Crippen LogP contribution in [0, 0.1) is 8.99 Å². The van der Waals surface area contributed by atoms with Crippen LogP contribution in [0.25, 0.3) is 11.3 Å². The Balaban J connectivity index is 1.93. The van der Waals surface area contributed by atoms with Gasteiger partial charge >= 0.3 is 0 Å². The van der Waals surface area contributed by atoms with E-state index in [1.807, 2.05) is 29.6 Å². The van der Waals surface area contributed by atoms with Gasteiger partial charge in [0, 0.05) is 19.9 Å². The summed E-state index contributed by atoms with van der Waals surface area (Å²) in [6, 6.07) is 8.00. The molecule has 0 aliphatic heterocycles. The normalized spacial score (nSPS) is 11.1. The Bertz CT molecular complexity index is 705. The molecule has 2 rings (SSSR count). The highest BCUT2D eigenvalue weighted by Gasteiger charge is 2.21. The molecule has 23 heavy (non-hydrogen) atoms. The van der Waals surface area contributed by atoms with Crippen LogP contribution in [0.15, 0.2) is 29.6 Å². The first kappa shape index (κ1) is 17.9. The van der Waals surface area contributed by atoms with Crippen LogP contribution < -0.4 is 10.6 Å². The van der Waals surface area contributed by atoms with Gasteiger partial charge in [-0.2, -0.15) is 0 Å². The smallest absolute Gasteiger partial charge is 0.245 e. The van der Waals surface area contributed by atoms with Crippen LogP contribution in [0.4, 0.5) is 5.13 Å². The first-order valence-electron chi connectivity index (χ1n) is 7.05. The van der Waals surface area contributed by atoms with Gasteiger partial charge in [-0.1, -0.05) is 32.9 Å². The van der Waals surface area contributed by atoms with Crippen LogP contribution in [0.2, 0.25) is 0 Å². The first-order chi connectivity index (χ1) is 10.8. The first-order valence-corrected chi connectivity index (χ1v) is 9.01. The van der Waals surface area contributed by atoms with E-state index in [9.17, 15) is 9.59 Å². The van der Waals surface area contributed by atoms with Gasteiger partial charge in [0.2, 0.25) is 11.8 Å². The molecule has 1 aromatic heterocycles. The predicted octanol–water partition coefficient (Wildman–Crippen LogP) is 3.52. The molecule has 0 spiro atoms. The molecule has 0 saturated heterocycles. The van der Waals surface area contributed by atoms with Gasteiger partial charge in [-0.3, -0.25) is 9.59 Å². The summed E-state index contributed by atoms with van der Waals surface area (Å²) in [6.07, 6.45) is 0. The van der Waals surface area contributed by atoms with Crippen molar-refractivity contribution in [1.82, 2.24) is 10.3 Å². The summed E-state index contributed by atoms with van der Waals surface area (Å²) in [7, 11) is 0. The molecule has 7 heteroatoms. The zero-order valence-corrected chi connectivity index (χ0v) is 16.1. The zero-order chi connectivity index (χ0) is 17.0. The number of carbonyl (C=O) groups excluding carboxylic acids is 2. The molecule has 2 amide bonds. The summed E-state index contributed by atoms with van der Waals surface area (Å²) in [4.78, 5) is 28.0. The number of rotatable bonds is 4. The van der Waals surface area contributed by atoms with E-state index in [0.717, 1.165) is 14.8 Å². The lowest BCUT2D eigenvalue weighted by atomic mass is 9.96. The number of benzene rings is 1. The summed E-state index contributed by atoms with van der Waals surface area (Å²) in [5.74, 6) is -0.447. The lowest BCUT2D eigenvalue weighted by Gasteiger charge is -2.17. The van der Waals surface area contributed by atoms with Crippen molar-refractivity contribution in [3.05, 3.63) is 33.2 Å². The molecule has 0 radical (unpaired) electrons. The Morgan fingerprint density at radius 3 is 2.48 bits per heavy atom. The van der Waals surface area contributed by atoms with Crippen molar-refractivity contribution in [3.63, 3.8) is 0 Å². The van der Waals surface area contributed by atoms with Crippen LogP contribution in [0.3, 0.4) is 0 Å². The largest absolute Gasteiger partial charge is 0.347 e. The topological polar surface area (TPSA) is 71.1 Å². The van der Waals surface area contributed by atoms with Gasteiger partial charge in [-0.25, -0.2) is 4.98 Å². The molecule has 0 fully saturated rings. The highest BCUT2D eigenvalue weighted by atomic mass is 127. The predicted molar refractivity (Wildman–Crippen MR) is 101 cm³/mol. The second-order valence-corrected chi connectivity index (χ2v) is 8.13. The van der Waals surface area contributed by atoms with Crippen molar-refractivity contribution in [1.29, 1.82) is 0 Å². The van der Waals surface area contributed by atoms with E-state index in [0.29, 0.717) is 5.13 Å². The van der Waals surface area contributed by atoms with Crippen molar-refractivity contribution in [2.45, 2.75) is 20.8 Å². The van der Waals surface area contributed by atoms with Crippen molar-refractivity contribution in [2.75, 3.05) is 11.9 Å². The summed E-state index contributed by atoms with van der Waals surface area (Å²) in [5.41, 5.74) is 1.31. The monoisotopic (exact) mass is 443 g/mol. The van der Waals surface area contributed by atoms with Crippen molar-refractivity contribution < 1.29 is 9.59 Å². The second kappa shape index (κ2) is 7.39. The van der Waals surface area contributed by atoms with Crippen LogP contribution in [-0.4, -0.2) is 23.3 Å². The van der Waals surface area contributed by atoms with Crippen molar-refractivity contribution in [3.8, 4) is 11.3 Å². The average molecular weight is 443 g/mol. The fourth-order valence-electron chi connectivity index (χ4n) is 1.67. The third kappa shape index (κ3) is 5.28. The molecule has 0 unspecified atom stereocenters. The van der Waals surface area contributed by atoms with E-state index < -0.39 is 5.41 Å². The van der Waals surface area contributed by atoms with Crippen LogP contribution in [-0.2, 0) is 9.59 Å². The van der Waals surface area contributed by atoms with Gasteiger partial charge in [0.15, 0.2) is 5.13 Å².